The molecule has 1 aromatic carbocycles. The van der Waals surface area contributed by atoms with E-state index in [1.807, 2.05) is 24.3 Å². The number of urea groups is 1. The van der Waals surface area contributed by atoms with Crippen molar-refractivity contribution in [3.63, 3.8) is 0 Å². The fraction of sp³-hybridized carbons (Fsp3) is 0.520. The number of amides is 3. The first-order valence-electron chi connectivity index (χ1n) is 12.8. The number of benzene rings is 1. The monoisotopic (exact) mass is 545 g/mol. The summed E-state index contributed by atoms with van der Waals surface area (Å²) in [5.74, 6) is 1.34. The summed E-state index contributed by atoms with van der Waals surface area (Å²) < 4.78 is 1.44. The molecule has 1 aromatic heterocycles. The van der Waals surface area contributed by atoms with Crippen LogP contribution in [0.4, 0.5) is 10.6 Å². The molecule has 12 nitrogen and oxygen atoms in total. The Labute approximate surface area is 227 Å². The largest absolute Gasteiger partial charge is 0.354 e. The number of carbonyl (C=O) groups is 2. The molecule has 5 rings (SSSR count). The number of nitrogens with one attached hydrogen (secondary N) is 1. The van der Waals surface area contributed by atoms with Gasteiger partial charge in [0, 0.05) is 58.1 Å². The number of aromatic nitrogens is 2. The number of piperidine rings is 1. The van der Waals surface area contributed by atoms with Crippen LogP contribution in [0.25, 0.3) is 5.69 Å². The molecular weight excluding hydrogens is 510 g/mol. The maximum absolute atomic E-state index is 12.7. The van der Waals surface area contributed by atoms with Crippen molar-refractivity contribution in [2.75, 3.05) is 51.1 Å². The Bertz CT molecular complexity index is 1190. The molecule has 206 valence electrons. The molecule has 2 aromatic rings. The Morgan fingerprint density at radius 3 is 2.26 bits per heavy atom. The van der Waals surface area contributed by atoms with Gasteiger partial charge in [0.1, 0.15) is 5.82 Å². The van der Waals surface area contributed by atoms with Crippen molar-refractivity contribution >= 4 is 30.2 Å². The van der Waals surface area contributed by atoms with E-state index in [9.17, 15) is 14.4 Å². The van der Waals surface area contributed by atoms with E-state index in [1.54, 1.807) is 22.1 Å². The minimum Gasteiger partial charge on any atom is -0.338 e. The van der Waals surface area contributed by atoms with Crippen LogP contribution in [0, 0.1) is 11.8 Å². The van der Waals surface area contributed by atoms with Crippen LogP contribution < -0.4 is 28.2 Å². The molecule has 2 saturated heterocycles. The zero-order chi connectivity index (χ0) is 26.1. The van der Waals surface area contributed by atoms with Gasteiger partial charge in [0.15, 0.2) is 0 Å². The molecule has 0 radical (unpaired) electrons. The number of nitrogens with zero attached hydrogens (tertiary/aromatic N) is 5. The number of nitrogens with two attached hydrogens (primary N) is 3. The van der Waals surface area contributed by atoms with Gasteiger partial charge in [0.25, 0.3) is 0 Å². The third-order valence-electron chi connectivity index (χ3n) is 7.67. The third kappa shape index (κ3) is 6.00. The average molecular weight is 546 g/mol. The van der Waals surface area contributed by atoms with Gasteiger partial charge in [-0.3, -0.25) is 19.6 Å². The molecule has 1 saturated carbocycles. The molecule has 38 heavy (non-hydrogen) atoms. The van der Waals surface area contributed by atoms with E-state index in [0.29, 0.717) is 62.7 Å². The molecule has 13 heteroatoms. The first-order valence-corrected chi connectivity index (χ1v) is 12.8. The van der Waals surface area contributed by atoms with Crippen LogP contribution in [-0.4, -0.2) is 94.1 Å². The molecule has 0 bridgehead atoms. The van der Waals surface area contributed by atoms with Crippen LogP contribution >= 0.6 is 12.4 Å². The zero-order valence-corrected chi connectivity index (χ0v) is 22.1. The van der Waals surface area contributed by atoms with Crippen molar-refractivity contribution in [3.8, 4) is 5.69 Å². The van der Waals surface area contributed by atoms with E-state index >= 15 is 0 Å². The Morgan fingerprint density at radius 1 is 1.03 bits per heavy atom. The Morgan fingerprint density at radius 2 is 1.66 bits per heavy atom. The lowest BCUT2D eigenvalue weighted by Gasteiger charge is -2.35. The minimum atomic E-state index is -0.618. The number of fused-ring (bicyclic) bond motifs is 1. The maximum Gasteiger partial charge on any atom is 0.354 e. The van der Waals surface area contributed by atoms with Crippen LogP contribution in [0.15, 0.2) is 41.3 Å². The lowest BCUT2D eigenvalue weighted by atomic mass is 10.2. The number of carbonyl (C=O) groups excluding carboxylic acids is 2. The molecule has 2 aliphatic heterocycles. The molecule has 3 fully saturated rings. The average Bonchev–Trinajstić information content (AvgIpc) is 3.28. The summed E-state index contributed by atoms with van der Waals surface area (Å²) in [6.07, 6.45) is 2.03. The van der Waals surface area contributed by atoms with Gasteiger partial charge in [-0.05, 0) is 48.6 Å². The van der Waals surface area contributed by atoms with Gasteiger partial charge in [0.2, 0.25) is 5.91 Å². The molecule has 3 aliphatic rings. The second-order valence-electron chi connectivity index (χ2n) is 10.2. The van der Waals surface area contributed by atoms with Gasteiger partial charge in [-0.25, -0.2) is 9.59 Å². The zero-order valence-electron chi connectivity index (χ0n) is 21.2. The van der Waals surface area contributed by atoms with Crippen LogP contribution in [0.2, 0.25) is 0 Å². The third-order valence-corrected chi connectivity index (χ3v) is 7.67. The number of rotatable bonds is 7. The molecule has 3 atom stereocenters. The van der Waals surface area contributed by atoms with Crippen molar-refractivity contribution in [1.82, 2.24) is 24.3 Å². The summed E-state index contributed by atoms with van der Waals surface area (Å²) >= 11 is 0. The van der Waals surface area contributed by atoms with E-state index in [0.717, 1.165) is 19.6 Å². The molecule has 7 N–H and O–H groups in total. The van der Waals surface area contributed by atoms with Gasteiger partial charge < -0.3 is 27.0 Å². The summed E-state index contributed by atoms with van der Waals surface area (Å²) in [6, 6.07) is 8.85. The van der Waals surface area contributed by atoms with E-state index < -0.39 is 11.7 Å². The Kier molecular flexibility index (Phi) is 8.68. The molecule has 3 heterocycles. The molecular formula is C25H36ClN9O3. The van der Waals surface area contributed by atoms with Gasteiger partial charge in [0.05, 0.1) is 11.7 Å². The number of hydrogen-bond donors (Lipinski definition) is 4. The number of halogens is 1. The second kappa shape index (κ2) is 11.8. The number of likely N-dealkylation sites (tertiary alicyclic amines) is 1. The topological polar surface area (TPSA) is 169 Å². The second-order valence-corrected chi connectivity index (χ2v) is 10.2. The van der Waals surface area contributed by atoms with Crippen molar-refractivity contribution < 1.29 is 9.59 Å². The molecule has 3 amide bonds. The summed E-state index contributed by atoms with van der Waals surface area (Å²) in [4.78, 5) is 47.4. The van der Waals surface area contributed by atoms with Crippen LogP contribution in [0.3, 0.4) is 0 Å². The van der Waals surface area contributed by atoms with Gasteiger partial charge in [-0.15, -0.1) is 12.4 Å². The normalized spacial score (nSPS) is 23.4. The summed E-state index contributed by atoms with van der Waals surface area (Å²) in [5.41, 5.74) is 18.8. The predicted octanol–water partition coefficient (Wildman–Crippen LogP) is -0.605. The van der Waals surface area contributed by atoms with Crippen molar-refractivity contribution in [2.45, 2.75) is 25.0 Å². The highest BCUT2D eigenvalue weighted by molar-refractivity contribution is 5.88. The smallest absolute Gasteiger partial charge is 0.338 e. The van der Waals surface area contributed by atoms with Crippen LogP contribution in [-0.2, 0) is 11.3 Å². The van der Waals surface area contributed by atoms with E-state index in [1.165, 1.54) is 10.1 Å². The molecule has 2 unspecified atom stereocenters. The van der Waals surface area contributed by atoms with Crippen molar-refractivity contribution in [3.05, 3.63) is 52.6 Å². The first-order chi connectivity index (χ1) is 17.8. The Hall–Kier alpha value is -3.03. The van der Waals surface area contributed by atoms with Crippen LogP contribution in [0.5, 0.6) is 0 Å². The SMILES string of the molecule is Cl.NCC[C@H](N)C(=O)N1CCN(C(=O)Nc2ccn(-c3ccc(CN4CC5C(N)C5C4)cc3)c(=O)n2)CC1. The van der Waals surface area contributed by atoms with Gasteiger partial charge >= 0.3 is 11.7 Å². The number of anilines is 1. The number of hydrogen-bond acceptors (Lipinski definition) is 8. The highest BCUT2D eigenvalue weighted by Crippen LogP contribution is 2.44. The van der Waals surface area contributed by atoms with E-state index in [2.05, 4.69) is 15.2 Å². The van der Waals surface area contributed by atoms with E-state index in [4.69, 9.17) is 17.2 Å². The lowest BCUT2D eigenvalue weighted by molar-refractivity contribution is -0.134. The Balaban J connectivity index is 0.00000336. The molecule has 1 aliphatic carbocycles. The highest BCUT2D eigenvalue weighted by atomic mass is 35.5. The van der Waals surface area contributed by atoms with Crippen LogP contribution in [0.1, 0.15) is 12.0 Å². The highest BCUT2D eigenvalue weighted by Gasteiger charge is 2.53. The fourth-order valence-corrected chi connectivity index (χ4v) is 5.33. The number of piperazine rings is 1. The molecule has 0 spiro atoms. The van der Waals surface area contributed by atoms with Crippen molar-refractivity contribution in [2.24, 2.45) is 29.0 Å². The van der Waals surface area contributed by atoms with Gasteiger partial charge in [-0.2, -0.15) is 4.98 Å². The van der Waals surface area contributed by atoms with Gasteiger partial charge in [-0.1, -0.05) is 12.1 Å². The fourth-order valence-electron chi connectivity index (χ4n) is 5.33. The van der Waals surface area contributed by atoms with E-state index in [-0.39, 0.29) is 30.2 Å². The quantitative estimate of drug-likeness (QED) is 0.357. The summed E-state index contributed by atoms with van der Waals surface area (Å²) in [5, 5.41) is 2.68. The predicted molar refractivity (Wildman–Crippen MR) is 146 cm³/mol. The summed E-state index contributed by atoms with van der Waals surface area (Å²) in [6.45, 7) is 4.85. The first kappa shape index (κ1) is 28.0. The maximum atomic E-state index is 12.7. The summed E-state index contributed by atoms with van der Waals surface area (Å²) in [7, 11) is 0. The lowest BCUT2D eigenvalue weighted by Crippen LogP contribution is -2.55. The minimum absolute atomic E-state index is 0. The standard InChI is InChI=1S/C25H35N9O3.ClH/c26-7-5-20(27)23(35)32-9-11-33(12-10-32)24(36)29-21-6-8-34(25(37)30-21)17-3-1-16(2-4-17)13-31-14-18-19(15-31)22(18)28;/h1-4,6,8,18-20,22H,5,7,9-15,26-28H2,(H,29,30,36,37);1H/t18?,19?,20-,22?;/m0./s1. The van der Waals surface area contributed by atoms with Crippen molar-refractivity contribution in [1.29, 1.82) is 0 Å².